The molecule has 0 saturated heterocycles. The van der Waals surface area contributed by atoms with Crippen molar-refractivity contribution in [2.24, 2.45) is 0 Å². The molecule has 0 radical (unpaired) electrons. The summed E-state index contributed by atoms with van der Waals surface area (Å²) in [5.74, 6) is -1.06. The Balaban J connectivity index is 1.78. The van der Waals surface area contributed by atoms with Crippen LogP contribution in [0, 0.1) is 0 Å². The number of carbonyl (C=O) groups excluding carboxylic acids is 1. The Bertz CT molecular complexity index is 744. The summed E-state index contributed by atoms with van der Waals surface area (Å²) in [5.41, 5.74) is 1.01. The maximum Gasteiger partial charge on any atom is 0.408 e. The highest BCUT2D eigenvalue weighted by atomic mass is 16.5. The third kappa shape index (κ3) is 3.11. The molecule has 0 spiro atoms. The summed E-state index contributed by atoms with van der Waals surface area (Å²) in [4.78, 5) is 24.2. The van der Waals surface area contributed by atoms with Gasteiger partial charge in [0.1, 0.15) is 6.61 Å². The number of carbonyl (C=O) groups is 2. The van der Waals surface area contributed by atoms with E-state index in [1.54, 1.807) is 12.1 Å². The minimum Gasteiger partial charge on any atom is -0.479 e. The summed E-state index contributed by atoms with van der Waals surface area (Å²) < 4.78 is 5.21. The molecule has 1 aliphatic carbocycles. The molecule has 5 nitrogen and oxygen atoms in total. The van der Waals surface area contributed by atoms with Crippen LogP contribution in [-0.4, -0.2) is 17.2 Å². The number of alkyl carbamates (subject to hydrolysis) is 1. The lowest BCUT2D eigenvalue weighted by Gasteiger charge is -2.35. The van der Waals surface area contributed by atoms with E-state index in [2.05, 4.69) is 5.32 Å². The molecule has 24 heavy (non-hydrogen) atoms. The molecule has 3 rings (SSSR count). The van der Waals surface area contributed by atoms with Crippen molar-refractivity contribution in [3.63, 3.8) is 0 Å². The first-order valence-electron chi connectivity index (χ1n) is 7.92. The molecular formula is C19H19NO4. The van der Waals surface area contributed by atoms with Gasteiger partial charge in [0.15, 0.2) is 5.54 Å². The van der Waals surface area contributed by atoms with E-state index in [0.29, 0.717) is 18.4 Å². The van der Waals surface area contributed by atoms with Crippen LogP contribution in [0.1, 0.15) is 29.5 Å². The van der Waals surface area contributed by atoms with E-state index in [0.717, 1.165) is 17.5 Å². The molecule has 0 fully saturated rings. The van der Waals surface area contributed by atoms with Crippen LogP contribution in [-0.2, 0) is 28.1 Å². The van der Waals surface area contributed by atoms with Crippen LogP contribution in [0.15, 0.2) is 54.6 Å². The Morgan fingerprint density at radius 2 is 1.79 bits per heavy atom. The summed E-state index contributed by atoms with van der Waals surface area (Å²) in [6.07, 6.45) is 1.13. The van der Waals surface area contributed by atoms with Gasteiger partial charge in [0.2, 0.25) is 0 Å². The van der Waals surface area contributed by atoms with Gasteiger partial charge in [-0.25, -0.2) is 9.59 Å². The third-order valence-electron chi connectivity index (χ3n) is 4.37. The maximum atomic E-state index is 12.2. The number of amides is 1. The van der Waals surface area contributed by atoms with Gasteiger partial charge in [0, 0.05) is 0 Å². The molecule has 2 aromatic carbocycles. The van der Waals surface area contributed by atoms with Crippen molar-refractivity contribution in [1.29, 1.82) is 0 Å². The highest BCUT2D eigenvalue weighted by molar-refractivity contribution is 5.86. The van der Waals surface area contributed by atoms with Crippen LogP contribution < -0.4 is 5.32 Å². The van der Waals surface area contributed by atoms with E-state index in [1.807, 2.05) is 42.5 Å². The number of aliphatic carboxylic acids is 1. The van der Waals surface area contributed by atoms with Crippen molar-refractivity contribution in [2.75, 3.05) is 0 Å². The Labute approximate surface area is 140 Å². The number of fused-ring (bicyclic) bond motifs is 1. The van der Waals surface area contributed by atoms with Gasteiger partial charge in [0.05, 0.1) is 0 Å². The zero-order valence-electron chi connectivity index (χ0n) is 13.2. The second-order valence-corrected chi connectivity index (χ2v) is 5.91. The number of hydrogen-bond acceptors (Lipinski definition) is 3. The quantitative estimate of drug-likeness (QED) is 0.905. The zero-order valence-corrected chi connectivity index (χ0v) is 13.2. The summed E-state index contributed by atoms with van der Waals surface area (Å²) >= 11 is 0. The van der Waals surface area contributed by atoms with Crippen LogP contribution in [0.2, 0.25) is 0 Å². The number of carboxylic acids is 1. The van der Waals surface area contributed by atoms with E-state index >= 15 is 0 Å². The number of benzene rings is 2. The van der Waals surface area contributed by atoms with Gasteiger partial charge in [-0.1, -0.05) is 54.6 Å². The van der Waals surface area contributed by atoms with Crippen molar-refractivity contribution in [2.45, 2.75) is 31.4 Å². The predicted molar refractivity (Wildman–Crippen MR) is 88.5 cm³/mol. The van der Waals surface area contributed by atoms with Gasteiger partial charge in [-0.3, -0.25) is 0 Å². The lowest BCUT2D eigenvalue weighted by atomic mass is 9.76. The Morgan fingerprint density at radius 1 is 1.08 bits per heavy atom. The van der Waals surface area contributed by atoms with Gasteiger partial charge in [0.25, 0.3) is 0 Å². The average molecular weight is 325 g/mol. The van der Waals surface area contributed by atoms with E-state index < -0.39 is 17.6 Å². The van der Waals surface area contributed by atoms with Gasteiger partial charge < -0.3 is 15.2 Å². The average Bonchev–Trinajstić information content (AvgIpc) is 2.61. The SMILES string of the molecule is O=C(NC1(C(=O)O)CCCc2ccccc21)OCc1ccccc1. The minimum absolute atomic E-state index is 0.101. The summed E-state index contributed by atoms with van der Waals surface area (Å²) in [7, 11) is 0. The monoisotopic (exact) mass is 325 g/mol. The fourth-order valence-electron chi connectivity index (χ4n) is 3.17. The Morgan fingerprint density at radius 3 is 2.54 bits per heavy atom. The second-order valence-electron chi connectivity index (χ2n) is 5.91. The lowest BCUT2D eigenvalue weighted by Crippen LogP contribution is -2.53. The van der Waals surface area contributed by atoms with Gasteiger partial charge in [-0.15, -0.1) is 0 Å². The fourth-order valence-corrected chi connectivity index (χ4v) is 3.17. The molecule has 1 atom stereocenters. The minimum atomic E-state index is -1.43. The highest BCUT2D eigenvalue weighted by Gasteiger charge is 2.45. The van der Waals surface area contributed by atoms with Crippen molar-refractivity contribution in [3.8, 4) is 0 Å². The van der Waals surface area contributed by atoms with Crippen molar-refractivity contribution in [3.05, 3.63) is 71.3 Å². The molecule has 2 N–H and O–H groups in total. The van der Waals surface area contributed by atoms with E-state index in [9.17, 15) is 14.7 Å². The molecule has 0 bridgehead atoms. The molecule has 5 heteroatoms. The summed E-state index contributed by atoms with van der Waals surface area (Å²) in [5, 5.41) is 12.4. The molecule has 1 amide bonds. The molecule has 0 saturated carbocycles. The number of aryl methyl sites for hydroxylation is 1. The molecule has 2 aromatic rings. The molecule has 1 aliphatic rings. The smallest absolute Gasteiger partial charge is 0.408 e. The van der Waals surface area contributed by atoms with Crippen molar-refractivity contribution >= 4 is 12.1 Å². The van der Waals surface area contributed by atoms with Gasteiger partial charge in [-0.05, 0) is 36.0 Å². The summed E-state index contributed by atoms with van der Waals surface area (Å²) in [6, 6.07) is 16.6. The largest absolute Gasteiger partial charge is 0.479 e. The standard InChI is InChI=1S/C19H19NO4/c21-17(22)19(12-6-10-15-9-4-5-11-16(15)19)20-18(23)24-13-14-7-2-1-3-8-14/h1-5,7-9,11H,6,10,12-13H2,(H,20,23)(H,21,22). The van der Waals surface area contributed by atoms with Gasteiger partial charge in [-0.2, -0.15) is 0 Å². The van der Waals surface area contributed by atoms with Crippen molar-refractivity contribution in [1.82, 2.24) is 5.32 Å². The molecular weight excluding hydrogens is 306 g/mol. The van der Waals surface area contributed by atoms with Crippen LogP contribution >= 0.6 is 0 Å². The Hall–Kier alpha value is -2.82. The first-order chi connectivity index (χ1) is 11.6. The number of hydrogen-bond donors (Lipinski definition) is 2. The predicted octanol–water partition coefficient (Wildman–Crippen LogP) is 3.23. The number of carboxylic acid groups (broad SMARTS) is 1. The highest BCUT2D eigenvalue weighted by Crippen LogP contribution is 2.35. The van der Waals surface area contributed by atoms with Crippen LogP contribution in [0.5, 0.6) is 0 Å². The lowest BCUT2D eigenvalue weighted by molar-refractivity contribution is -0.145. The zero-order chi connectivity index (χ0) is 17.0. The van der Waals surface area contributed by atoms with E-state index in [-0.39, 0.29) is 6.61 Å². The summed E-state index contributed by atoms with van der Waals surface area (Å²) in [6.45, 7) is 0.101. The van der Waals surface area contributed by atoms with Crippen LogP contribution in [0.4, 0.5) is 4.79 Å². The maximum absolute atomic E-state index is 12.2. The molecule has 124 valence electrons. The number of rotatable bonds is 4. The Kier molecular flexibility index (Phi) is 4.51. The van der Waals surface area contributed by atoms with Crippen LogP contribution in [0.25, 0.3) is 0 Å². The van der Waals surface area contributed by atoms with E-state index in [4.69, 9.17) is 4.74 Å². The molecule has 0 aromatic heterocycles. The third-order valence-corrected chi connectivity index (χ3v) is 4.37. The topological polar surface area (TPSA) is 75.6 Å². The molecule has 0 heterocycles. The first kappa shape index (κ1) is 16.1. The second kappa shape index (κ2) is 6.74. The number of ether oxygens (including phenoxy) is 1. The fraction of sp³-hybridized carbons (Fsp3) is 0.263. The van der Waals surface area contributed by atoms with E-state index in [1.165, 1.54) is 0 Å². The van der Waals surface area contributed by atoms with Crippen LogP contribution in [0.3, 0.4) is 0 Å². The van der Waals surface area contributed by atoms with Crippen molar-refractivity contribution < 1.29 is 19.4 Å². The molecule has 0 aliphatic heterocycles. The molecule has 1 unspecified atom stereocenters. The normalized spacial score (nSPS) is 19.2. The first-order valence-corrected chi connectivity index (χ1v) is 7.92. The van der Waals surface area contributed by atoms with Gasteiger partial charge >= 0.3 is 12.1 Å². The number of nitrogens with one attached hydrogen (secondary N) is 1.